The summed E-state index contributed by atoms with van der Waals surface area (Å²) in [6.45, 7) is 4.55. The van der Waals surface area contributed by atoms with Crippen LogP contribution in [0.25, 0.3) is 0 Å². The van der Waals surface area contributed by atoms with Gasteiger partial charge in [-0.3, -0.25) is 14.4 Å². The van der Waals surface area contributed by atoms with Gasteiger partial charge in [-0.1, -0.05) is 43.4 Å². The predicted octanol–water partition coefficient (Wildman–Crippen LogP) is 1.87. The standard InChI is InChI=1S/C25H34N6O4/c1-16-8-9-19-13-22(16)35-11-10-31-15-20(29-30-31)14-26-23(32)17(2)27-25(34)21(28-24(19)33)12-18-6-4-3-5-7-18/h8-9,13,15,17-18,21H,3-7,10-12,14H2,1-2H3,(H,26,32)(H,27,34)(H,28,33)/t17-,21+/m1/s1. The number of nitrogens with one attached hydrogen (secondary N) is 3. The minimum absolute atomic E-state index is 0.198. The zero-order chi connectivity index (χ0) is 24.8. The highest BCUT2D eigenvalue weighted by Crippen LogP contribution is 2.28. The molecule has 3 amide bonds. The summed E-state index contributed by atoms with van der Waals surface area (Å²) < 4.78 is 7.56. The quantitative estimate of drug-likeness (QED) is 0.600. The van der Waals surface area contributed by atoms with Gasteiger partial charge in [-0.15, -0.1) is 5.10 Å². The van der Waals surface area contributed by atoms with Crippen LogP contribution in [-0.4, -0.2) is 51.4 Å². The highest BCUT2D eigenvalue weighted by atomic mass is 16.5. The van der Waals surface area contributed by atoms with E-state index < -0.39 is 12.1 Å². The van der Waals surface area contributed by atoms with Gasteiger partial charge in [0.15, 0.2) is 0 Å². The molecular weight excluding hydrogens is 448 g/mol. The van der Waals surface area contributed by atoms with E-state index in [4.69, 9.17) is 4.74 Å². The molecule has 1 aliphatic carbocycles. The largest absolute Gasteiger partial charge is 0.491 e. The number of hydrogen-bond acceptors (Lipinski definition) is 6. The molecule has 4 bridgehead atoms. The van der Waals surface area contributed by atoms with Crippen LogP contribution in [0.2, 0.25) is 0 Å². The Bertz CT molecular complexity index is 1060. The van der Waals surface area contributed by atoms with E-state index in [2.05, 4.69) is 26.3 Å². The first-order valence-electron chi connectivity index (χ1n) is 12.4. The normalized spacial score (nSPS) is 22.7. The van der Waals surface area contributed by atoms with Gasteiger partial charge in [0, 0.05) is 5.56 Å². The van der Waals surface area contributed by atoms with Gasteiger partial charge in [0.25, 0.3) is 5.91 Å². The minimum Gasteiger partial charge on any atom is -0.491 e. The number of aromatic nitrogens is 3. The molecule has 1 fully saturated rings. The highest BCUT2D eigenvalue weighted by Gasteiger charge is 2.28. The number of rotatable bonds is 2. The van der Waals surface area contributed by atoms with Crippen molar-refractivity contribution >= 4 is 17.7 Å². The average Bonchev–Trinajstić information content (AvgIpc) is 3.31. The molecule has 1 aliphatic heterocycles. The fourth-order valence-electron chi connectivity index (χ4n) is 4.61. The molecule has 3 N–H and O–H groups in total. The molecule has 10 nitrogen and oxygen atoms in total. The molecule has 1 aromatic carbocycles. The second-order valence-electron chi connectivity index (χ2n) is 9.52. The van der Waals surface area contributed by atoms with Crippen LogP contribution in [0.5, 0.6) is 5.75 Å². The van der Waals surface area contributed by atoms with E-state index in [0.717, 1.165) is 31.2 Å². The molecular formula is C25H34N6O4. The molecule has 1 aromatic heterocycles. The van der Waals surface area contributed by atoms with E-state index in [1.54, 1.807) is 29.9 Å². The molecule has 0 unspecified atom stereocenters. The molecule has 0 radical (unpaired) electrons. The number of benzene rings is 1. The third-order valence-corrected chi connectivity index (χ3v) is 6.73. The van der Waals surface area contributed by atoms with Gasteiger partial charge in [-0.05, 0) is 43.9 Å². The first-order chi connectivity index (χ1) is 16.9. The molecule has 2 aliphatic rings. The lowest BCUT2D eigenvalue weighted by atomic mass is 9.84. The van der Waals surface area contributed by atoms with Crippen LogP contribution in [-0.2, 0) is 22.7 Å². The van der Waals surface area contributed by atoms with E-state index in [1.807, 2.05) is 13.0 Å². The Morgan fingerprint density at radius 1 is 1.09 bits per heavy atom. The molecule has 10 heteroatoms. The fraction of sp³-hybridized carbons (Fsp3) is 0.560. The maximum absolute atomic E-state index is 13.2. The SMILES string of the molecule is Cc1ccc2cc1OCCn1cc(nn1)CNC(=O)[C@@H](C)NC(=O)[C@H](CC1CCCCC1)NC2=O. The van der Waals surface area contributed by atoms with Gasteiger partial charge in [0.05, 0.1) is 19.3 Å². The first kappa shape index (κ1) is 24.7. The lowest BCUT2D eigenvalue weighted by Gasteiger charge is -2.27. The summed E-state index contributed by atoms with van der Waals surface area (Å²) in [5, 5.41) is 16.6. The van der Waals surface area contributed by atoms with Crippen LogP contribution in [0.15, 0.2) is 24.4 Å². The van der Waals surface area contributed by atoms with Gasteiger partial charge < -0.3 is 20.7 Å². The molecule has 0 saturated heterocycles. The molecule has 0 spiro atoms. The van der Waals surface area contributed by atoms with Crippen molar-refractivity contribution in [1.82, 2.24) is 30.9 Å². The summed E-state index contributed by atoms with van der Waals surface area (Å²) in [7, 11) is 0. The highest BCUT2D eigenvalue weighted by molar-refractivity contribution is 5.98. The summed E-state index contributed by atoms with van der Waals surface area (Å²) in [4.78, 5) is 39.0. The second kappa shape index (κ2) is 11.3. The fourth-order valence-corrected chi connectivity index (χ4v) is 4.61. The monoisotopic (exact) mass is 482 g/mol. The lowest BCUT2D eigenvalue weighted by Crippen LogP contribution is -2.53. The van der Waals surface area contributed by atoms with Crippen molar-refractivity contribution in [1.29, 1.82) is 0 Å². The topological polar surface area (TPSA) is 127 Å². The Morgan fingerprint density at radius 2 is 1.89 bits per heavy atom. The summed E-state index contributed by atoms with van der Waals surface area (Å²) in [6.07, 6.45) is 7.84. The number of hydrogen-bond donors (Lipinski definition) is 3. The first-order valence-corrected chi connectivity index (χ1v) is 12.4. The van der Waals surface area contributed by atoms with Gasteiger partial charge in [0.1, 0.15) is 30.1 Å². The Labute approximate surface area is 205 Å². The lowest BCUT2D eigenvalue weighted by molar-refractivity contribution is -0.129. The average molecular weight is 483 g/mol. The van der Waals surface area contributed by atoms with Crippen LogP contribution in [0.1, 0.15) is 67.1 Å². The van der Waals surface area contributed by atoms with Crippen molar-refractivity contribution in [2.45, 2.75) is 77.5 Å². The van der Waals surface area contributed by atoms with Crippen molar-refractivity contribution < 1.29 is 19.1 Å². The predicted molar refractivity (Wildman–Crippen MR) is 129 cm³/mol. The second-order valence-corrected chi connectivity index (χ2v) is 9.52. The maximum Gasteiger partial charge on any atom is 0.252 e. The van der Waals surface area contributed by atoms with E-state index in [9.17, 15) is 14.4 Å². The third kappa shape index (κ3) is 6.58. The number of amides is 3. The van der Waals surface area contributed by atoms with Crippen molar-refractivity contribution in [2.75, 3.05) is 6.61 Å². The van der Waals surface area contributed by atoms with Gasteiger partial charge in [-0.2, -0.15) is 0 Å². The Morgan fingerprint density at radius 3 is 2.69 bits per heavy atom. The van der Waals surface area contributed by atoms with Crippen molar-refractivity contribution in [3.05, 3.63) is 41.2 Å². The van der Waals surface area contributed by atoms with Crippen LogP contribution in [0.3, 0.4) is 0 Å². The zero-order valence-corrected chi connectivity index (χ0v) is 20.4. The van der Waals surface area contributed by atoms with Crippen LogP contribution < -0.4 is 20.7 Å². The molecule has 2 heterocycles. The smallest absolute Gasteiger partial charge is 0.252 e. The van der Waals surface area contributed by atoms with Crippen molar-refractivity contribution in [3.63, 3.8) is 0 Å². The van der Waals surface area contributed by atoms with Crippen LogP contribution >= 0.6 is 0 Å². The molecule has 2 atom stereocenters. The molecule has 2 aromatic rings. The maximum atomic E-state index is 13.2. The number of nitrogens with zero attached hydrogens (tertiary/aromatic N) is 3. The van der Waals surface area contributed by atoms with Gasteiger partial charge in [-0.25, -0.2) is 4.68 Å². The van der Waals surface area contributed by atoms with Crippen molar-refractivity contribution in [2.24, 2.45) is 5.92 Å². The third-order valence-electron chi connectivity index (χ3n) is 6.73. The zero-order valence-electron chi connectivity index (χ0n) is 20.4. The minimum atomic E-state index is -0.762. The summed E-state index contributed by atoms with van der Waals surface area (Å²) in [5.74, 6) is -0.0648. The molecule has 4 rings (SSSR count). The van der Waals surface area contributed by atoms with Gasteiger partial charge >= 0.3 is 0 Å². The molecule has 35 heavy (non-hydrogen) atoms. The number of aryl methyl sites for hydroxylation is 1. The number of fused-ring (bicyclic) bond motifs is 4. The van der Waals surface area contributed by atoms with E-state index in [0.29, 0.717) is 42.5 Å². The number of carbonyl (C=O) groups is 3. The van der Waals surface area contributed by atoms with Gasteiger partial charge in [0.2, 0.25) is 11.8 Å². The van der Waals surface area contributed by atoms with Crippen molar-refractivity contribution in [3.8, 4) is 5.75 Å². The Kier molecular flexibility index (Phi) is 7.99. The van der Waals surface area contributed by atoms with E-state index >= 15 is 0 Å². The summed E-state index contributed by atoms with van der Waals surface area (Å²) in [5.41, 5.74) is 1.93. The number of carbonyl (C=O) groups excluding carboxylic acids is 3. The molecule has 188 valence electrons. The Balaban J connectivity index is 1.57. The van der Waals surface area contributed by atoms with E-state index in [1.165, 1.54) is 6.42 Å². The number of ether oxygens (including phenoxy) is 1. The Hall–Kier alpha value is -3.43. The van der Waals surface area contributed by atoms with Crippen LogP contribution in [0.4, 0.5) is 0 Å². The van der Waals surface area contributed by atoms with E-state index in [-0.39, 0.29) is 24.3 Å². The van der Waals surface area contributed by atoms with Crippen LogP contribution in [0, 0.1) is 12.8 Å². The summed E-state index contributed by atoms with van der Waals surface area (Å²) >= 11 is 0. The summed E-state index contributed by atoms with van der Waals surface area (Å²) in [6, 6.07) is 3.77. The molecule has 1 saturated carbocycles.